The van der Waals surface area contributed by atoms with Crippen LogP contribution < -0.4 is 5.32 Å². The molecule has 2 aromatic rings. The van der Waals surface area contributed by atoms with Gasteiger partial charge in [0.1, 0.15) is 0 Å². The molecule has 0 spiro atoms. The molecular weight excluding hydrogens is 434 g/mol. The van der Waals surface area contributed by atoms with Gasteiger partial charge in [-0.2, -0.15) is 0 Å². The third-order valence-electron chi connectivity index (χ3n) is 2.97. The van der Waals surface area contributed by atoms with E-state index in [4.69, 9.17) is 0 Å². The molecule has 0 radical (unpaired) electrons. The highest BCUT2D eigenvalue weighted by molar-refractivity contribution is 9.13. The number of nitrogens with one attached hydrogen (secondary N) is 1. The molecule has 1 N–H and O–H groups in total. The number of hydrogen-bond acceptors (Lipinski definition) is 1. The van der Waals surface area contributed by atoms with Gasteiger partial charge in [0.15, 0.2) is 0 Å². The average Bonchev–Trinajstić information content (AvgIpc) is 2.40. The van der Waals surface area contributed by atoms with Crippen molar-refractivity contribution in [2.45, 2.75) is 19.5 Å². The summed E-state index contributed by atoms with van der Waals surface area (Å²) in [6, 6.07) is 15.1. The van der Waals surface area contributed by atoms with Gasteiger partial charge in [-0.05, 0) is 74.2 Å². The molecular formula is C15H14Br3N. The minimum Gasteiger partial charge on any atom is -0.306 e. The van der Waals surface area contributed by atoms with Gasteiger partial charge in [-0.25, -0.2) is 0 Å². The highest BCUT2D eigenvalue weighted by Gasteiger charge is 2.05. The lowest BCUT2D eigenvalue weighted by molar-refractivity contribution is 0.574. The fraction of sp³-hybridized carbons (Fsp3) is 0.200. The molecule has 0 fully saturated rings. The van der Waals surface area contributed by atoms with Gasteiger partial charge in [0, 0.05) is 26.0 Å². The summed E-state index contributed by atoms with van der Waals surface area (Å²) >= 11 is 10.5. The molecule has 0 aliphatic rings. The number of halogens is 3. The fourth-order valence-electron chi connectivity index (χ4n) is 1.79. The number of benzene rings is 2. The standard InChI is InChI=1S/C15H14Br3N/c1-10(12-3-5-13(16)6-4-12)19-9-11-2-7-14(17)15(18)8-11/h2-8,10,19H,9H2,1H3. The van der Waals surface area contributed by atoms with Crippen molar-refractivity contribution in [3.8, 4) is 0 Å². The SMILES string of the molecule is CC(NCc1ccc(Br)c(Br)c1)c1ccc(Br)cc1. The molecule has 1 atom stereocenters. The molecule has 0 aliphatic heterocycles. The fourth-order valence-corrected chi connectivity index (χ4v) is 2.73. The molecule has 0 bridgehead atoms. The van der Waals surface area contributed by atoms with E-state index in [1.54, 1.807) is 0 Å². The molecule has 2 rings (SSSR count). The first-order valence-corrected chi connectivity index (χ1v) is 8.37. The van der Waals surface area contributed by atoms with Crippen molar-refractivity contribution >= 4 is 47.8 Å². The van der Waals surface area contributed by atoms with E-state index in [0.717, 1.165) is 20.0 Å². The van der Waals surface area contributed by atoms with Crippen LogP contribution in [-0.4, -0.2) is 0 Å². The second-order valence-corrected chi connectivity index (χ2v) is 7.03. The minimum atomic E-state index is 0.329. The average molecular weight is 448 g/mol. The molecule has 1 nitrogen and oxygen atoms in total. The zero-order valence-electron chi connectivity index (χ0n) is 10.5. The lowest BCUT2D eigenvalue weighted by Gasteiger charge is -2.14. The van der Waals surface area contributed by atoms with Gasteiger partial charge < -0.3 is 5.32 Å². The molecule has 0 heterocycles. The summed E-state index contributed by atoms with van der Waals surface area (Å²) in [4.78, 5) is 0. The predicted molar refractivity (Wildman–Crippen MR) is 91.2 cm³/mol. The summed E-state index contributed by atoms with van der Waals surface area (Å²) in [6.07, 6.45) is 0. The summed E-state index contributed by atoms with van der Waals surface area (Å²) in [5.41, 5.74) is 2.55. The van der Waals surface area contributed by atoms with Gasteiger partial charge in [-0.15, -0.1) is 0 Å². The second kappa shape index (κ2) is 7.02. The first-order chi connectivity index (χ1) is 9.06. The molecule has 19 heavy (non-hydrogen) atoms. The summed E-state index contributed by atoms with van der Waals surface area (Å²) in [6.45, 7) is 3.03. The molecule has 100 valence electrons. The van der Waals surface area contributed by atoms with Crippen LogP contribution in [0.1, 0.15) is 24.1 Å². The Balaban J connectivity index is 1.98. The Morgan fingerprint density at radius 2 is 1.63 bits per heavy atom. The Morgan fingerprint density at radius 1 is 0.947 bits per heavy atom. The highest BCUT2D eigenvalue weighted by atomic mass is 79.9. The first kappa shape index (κ1) is 15.2. The zero-order valence-corrected chi connectivity index (χ0v) is 15.2. The Labute approximate surface area is 139 Å². The van der Waals surface area contributed by atoms with Gasteiger partial charge in [-0.3, -0.25) is 0 Å². The van der Waals surface area contributed by atoms with Crippen LogP contribution in [0.4, 0.5) is 0 Å². The van der Waals surface area contributed by atoms with Crippen molar-refractivity contribution in [2.75, 3.05) is 0 Å². The van der Waals surface area contributed by atoms with Crippen molar-refractivity contribution in [2.24, 2.45) is 0 Å². The highest BCUT2D eigenvalue weighted by Crippen LogP contribution is 2.24. The van der Waals surface area contributed by atoms with E-state index in [-0.39, 0.29) is 0 Å². The van der Waals surface area contributed by atoms with Gasteiger partial charge in [-0.1, -0.05) is 34.1 Å². The Bertz CT molecular complexity index is 552. The maximum atomic E-state index is 3.53. The van der Waals surface area contributed by atoms with E-state index >= 15 is 0 Å². The lowest BCUT2D eigenvalue weighted by Crippen LogP contribution is -2.17. The van der Waals surface area contributed by atoms with E-state index in [0.29, 0.717) is 6.04 Å². The normalized spacial score (nSPS) is 12.4. The van der Waals surface area contributed by atoms with Crippen molar-refractivity contribution < 1.29 is 0 Å². The van der Waals surface area contributed by atoms with E-state index in [1.165, 1.54) is 11.1 Å². The van der Waals surface area contributed by atoms with Crippen molar-refractivity contribution in [1.82, 2.24) is 5.32 Å². The Kier molecular flexibility index (Phi) is 5.63. The predicted octanol–water partition coefficient (Wildman–Crippen LogP) is 5.82. The minimum absolute atomic E-state index is 0.329. The molecule has 0 saturated heterocycles. The zero-order chi connectivity index (χ0) is 13.8. The quantitative estimate of drug-likeness (QED) is 0.622. The second-order valence-electron chi connectivity index (χ2n) is 4.40. The van der Waals surface area contributed by atoms with Crippen molar-refractivity contribution in [3.05, 3.63) is 67.0 Å². The third-order valence-corrected chi connectivity index (χ3v) is 5.37. The summed E-state index contributed by atoms with van der Waals surface area (Å²) in [7, 11) is 0. The van der Waals surface area contributed by atoms with Crippen LogP contribution >= 0.6 is 47.8 Å². The topological polar surface area (TPSA) is 12.0 Å². The molecule has 0 aromatic heterocycles. The van der Waals surface area contributed by atoms with Crippen LogP contribution in [0.15, 0.2) is 55.9 Å². The maximum absolute atomic E-state index is 3.53. The van der Waals surface area contributed by atoms with Gasteiger partial charge in [0.2, 0.25) is 0 Å². The summed E-state index contributed by atoms with van der Waals surface area (Å²) in [5.74, 6) is 0. The van der Waals surface area contributed by atoms with Gasteiger partial charge in [0.05, 0.1) is 0 Å². The van der Waals surface area contributed by atoms with E-state index in [2.05, 4.69) is 102 Å². The summed E-state index contributed by atoms with van der Waals surface area (Å²) < 4.78 is 3.28. The maximum Gasteiger partial charge on any atom is 0.0320 e. The van der Waals surface area contributed by atoms with Crippen LogP contribution in [-0.2, 0) is 6.54 Å². The largest absolute Gasteiger partial charge is 0.306 e. The number of rotatable bonds is 4. The van der Waals surface area contributed by atoms with E-state index in [1.807, 2.05) is 0 Å². The first-order valence-electron chi connectivity index (χ1n) is 5.99. The Hall–Kier alpha value is -0.160. The van der Waals surface area contributed by atoms with Crippen LogP contribution in [0.2, 0.25) is 0 Å². The molecule has 0 aliphatic carbocycles. The van der Waals surface area contributed by atoms with E-state index in [9.17, 15) is 0 Å². The van der Waals surface area contributed by atoms with Crippen LogP contribution in [0.5, 0.6) is 0 Å². The van der Waals surface area contributed by atoms with E-state index < -0.39 is 0 Å². The smallest absolute Gasteiger partial charge is 0.0320 e. The molecule has 0 saturated carbocycles. The van der Waals surface area contributed by atoms with Gasteiger partial charge in [0.25, 0.3) is 0 Å². The molecule has 1 unspecified atom stereocenters. The monoisotopic (exact) mass is 445 g/mol. The molecule has 4 heteroatoms. The number of hydrogen-bond donors (Lipinski definition) is 1. The molecule has 2 aromatic carbocycles. The third kappa shape index (κ3) is 4.42. The van der Waals surface area contributed by atoms with Crippen molar-refractivity contribution in [3.63, 3.8) is 0 Å². The van der Waals surface area contributed by atoms with Crippen LogP contribution in [0, 0.1) is 0 Å². The lowest BCUT2D eigenvalue weighted by atomic mass is 10.1. The van der Waals surface area contributed by atoms with Crippen LogP contribution in [0.25, 0.3) is 0 Å². The Morgan fingerprint density at radius 3 is 2.26 bits per heavy atom. The van der Waals surface area contributed by atoms with Gasteiger partial charge >= 0.3 is 0 Å². The van der Waals surface area contributed by atoms with Crippen molar-refractivity contribution in [1.29, 1.82) is 0 Å². The van der Waals surface area contributed by atoms with Crippen LogP contribution in [0.3, 0.4) is 0 Å². The summed E-state index contributed by atoms with van der Waals surface area (Å²) in [5, 5.41) is 3.53. The molecule has 0 amide bonds.